The van der Waals surface area contributed by atoms with E-state index in [0.29, 0.717) is 6.42 Å². The monoisotopic (exact) mass is 361 g/mol. The topological polar surface area (TPSA) is 99.0 Å². The summed E-state index contributed by atoms with van der Waals surface area (Å²) >= 11 is 0. The average molecular weight is 362 g/mol. The number of carbonyl (C=O) groups excluding carboxylic acids is 1. The summed E-state index contributed by atoms with van der Waals surface area (Å²) in [4.78, 5) is 12.1. The van der Waals surface area contributed by atoms with Gasteiger partial charge in [0.05, 0.1) is 18.2 Å². The van der Waals surface area contributed by atoms with Crippen molar-refractivity contribution in [3.8, 4) is 0 Å². The van der Waals surface area contributed by atoms with Gasteiger partial charge < -0.3 is 25.4 Å². The molecule has 0 saturated heterocycles. The molecule has 0 aromatic rings. The zero-order chi connectivity index (χ0) is 19.8. The summed E-state index contributed by atoms with van der Waals surface area (Å²) in [5.74, 6) is 0.203. The first-order valence-electron chi connectivity index (χ1n) is 9.37. The second-order valence-electron chi connectivity index (χ2n) is 8.43. The number of aliphatic hydroxyl groups excluding tert-OH is 3. The molecular weight excluding hydrogens is 322 g/mol. The van der Waals surface area contributed by atoms with Crippen LogP contribution in [-0.2, 0) is 4.74 Å². The smallest absolute Gasteiger partial charge is 0.407 e. The summed E-state index contributed by atoms with van der Waals surface area (Å²) in [6.45, 7) is 13.2. The molecule has 6 heteroatoms. The van der Waals surface area contributed by atoms with Crippen LogP contribution in [0.2, 0.25) is 0 Å². The van der Waals surface area contributed by atoms with Crippen LogP contribution in [0.1, 0.15) is 67.7 Å². The van der Waals surface area contributed by atoms with E-state index in [9.17, 15) is 20.1 Å². The van der Waals surface area contributed by atoms with Crippen LogP contribution in [0, 0.1) is 17.8 Å². The molecule has 0 aromatic heterocycles. The van der Waals surface area contributed by atoms with Crippen molar-refractivity contribution in [1.82, 2.24) is 5.32 Å². The highest BCUT2D eigenvalue weighted by Gasteiger charge is 2.30. The van der Waals surface area contributed by atoms with E-state index in [1.54, 1.807) is 20.8 Å². The van der Waals surface area contributed by atoms with Crippen molar-refractivity contribution < 1.29 is 24.9 Å². The van der Waals surface area contributed by atoms with Gasteiger partial charge in [0.2, 0.25) is 0 Å². The summed E-state index contributed by atoms with van der Waals surface area (Å²) in [5, 5.41) is 33.1. The fourth-order valence-corrected chi connectivity index (χ4v) is 2.57. The Morgan fingerprint density at radius 3 is 2.04 bits per heavy atom. The van der Waals surface area contributed by atoms with E-state index >= 15 is 0 Å². The Morgan fingerprint density at radius 2 is 1.64 bits per heavy atom. The van der Waals surface area contributed by atoms with Crippen molar-refractivity contribution in [1.29, 1.82) is 0 Å². The molecule has 0 bridgehead atoms. The Hall–Kier alpha value is -0.850. The van der Waals surface area contributed by atoms with Crippen molar-refractivity contribution in [3.05, 3.63) is 0 Å². The zero-order valence-corrected chi connectivity index (χ0v) is 17.0. The van der Waals surface area contributed by atoms with Crippen LogP contribution in [0.3, 0.4) is 0 Å². The first kappa shape index (κ1) is 24.1. The third kappa shape index (κ3) is 10.0. The van der Waals surface area contributed by atoms with E-state index in [-0.39, 0.29) is 30.8 Å². The summed E-state index contributed by atoms with van der Waals surface area (Å²) < 4.78 is 5.27. The first-order chi connectivity index (χ1) is 11.4. The lowest BCUT2D eigenvalue weighted by molar-refractivity contribution is 0.0173. The van der Waals surface area contributed by atoms with Gasteiger partial charge in [0.15, 0.2) is 0 Å². The molecule has 0 radical (unpaired) electrons. The number of amides is 1. The van der Waals surface area contributed by atoms with Crippen LogP contribution in [0.4, 0.5) is 4.79 Å². The molecule has 6 nitrogen and oxygen atoms in total. The van der Waals surface area contributed by atoms with Gasteiger partial charge in [-0.2, -0.15) is 0 Å². The highest BCUT2D eigenvalue weighted by atomic mass is 16.6. The Balaban J connectivity index is 5.07. The fraction of sp³-hybridized carbons (Fsp3) is 0.947. The van der Waals surface area contributed by atoms with Crippen LogP contribution in [0.25, 0.3) is 0 Å². The maximum absolute atomic E-state index is 12.1. The van der Waals surface area contributed by atoms with E-state index in [1.807, 2.05) is 27.7 Å². The third-order valence-electron chi connectivity index (χ3n) is 4.68. The standard InChI is InChI=1S/C19H39NO5/c1-8-13(4)16(22)10-15(20-18(24)25-19(5,6)7)17(23)9-14(11-21)12(2)3/h12-17,21-23H,8-11H2,1-7H3,(H,20,24). The number of carbonyl (C=O) groups is 1. The van der Waals surface area contributed by atoms with E-state index in [0.717, 1.165) is 6.42 Å². The molecule has 1 amide bonds. The van der Waals surface area contributed by atoms with Crippen molar-refractivity contribution in [2.24, 2.45) is 17.8 Å². The van der Waals surface area contributed by atoms with Crippen molar-refractivity contribution >= 4 is 6.09 Å². The van der Waals surface area contributed by atoms with Gasteiger partial charge in [0.25, 0.3) is 0 Å². The molecule has 0 saturated carbocycles. The molecule has 4 N–H and O–H groups in total. The maximum Gasteiger partial charge on any atom is 0.407 e. The SMILES string of the molecule is CCC(C)C(O)CC(NC(=O)OC(C)(C)C)C(O)CC(CO)C(C)C. The molecule has 0 aliphatic rings. The molecule has 0 rings (SSSR count). The van der Waals surface area contributed by atoms with Crippen LogP contribution >= 0.6 is 0 Å². The largest absolute Gasteiger partial charge is 0.444 e. The Labute approximate surface area is 153 Å². The molecule has 25 heavy (non-hydrogen) atoms. The normalized spacial score (nSPS) is 18.4. The molecule has 5 unspecified atom stereocenters. The zero-order valence-electron chi connectivity index (χ0n) is 17.0. The maximum atomic E-state index is 12.1. The number of rotatable bonds is 10. The highest BCUT2D eigenvalue weighted by molar-refractivity contribution is 5.68. The lowest BCUT2D eigenvalue weighted by atomic mass is 9.86. The fourth-order valence-electron chi connectivity index (χ4n) is 2.57. The predicted octanol–water partition coefficient (Wildman–Crippen LogP) is 2.69. The van der Waals surface area contributed by atoms with E-state index < -0.39 is 29.9 Å². The third-order valence-corrected chi connectivity index (χ3v) is 4.68. The summed E-state index contributed by atoms with van der Waals surface area (Å²) in [6, 6.07) is -0.633. The van der Waals surface area contributed by atoms with E-state index in [2.05, 4.69) is 5.32 Å². The minimum atomic E-state index is -0.870. The number of aliphatic hydroxyl groups is 3. The Bertz CT molecular complexity index is 381. The minimum absolute atomic E-state index is 0.0260. The van der Waals surface area contributed by atoms with Gasteiger partial charge >= 0.3 is 6.09 Å². The van der Waals surface area contributed by atoms with Crippen LogP contribution in [0.15, 0.2) is 0 Å². The Morgan fingerprint density at radius 1 is 1.08 bits per heavy atom. The number of alkyl carbamates (subject to hydrolysis) is 1. The lowest BCUT2D eigenvalue weighted by Gasteiger charge is -2.31. The Kier molecular flexibility index (Phi) is 10.6. The number of hydrogen-bond acceptors (Lipinski definition) is 5. The van der Waals surface area contributed by atoms with Crippen molar-refractivity contribution in [2.75, 3.05) is 6.61 Å². The second kappa shape index (κ2) is 11.0. The van der Waals surface area contributed by atoms with Crippen LogP contribution < -0.4 is 5.32 Å². The summed E-state index contributed by atoms with van der Waals surface area (Å²) in [6.07, 6.45) is -0.718. The first-order valence-corrected chi connectivity index (χ1v) is 9.37. The van der Waals surface area contributed by atoms with Crippen LogP contribution in [0.5, 0.6) is 0 Å². The summed E-state index contributed by atoms with van der Waals surface area (Å²) in [7, 11) is 0. The highest BCUT2D eigenvalue weighted by Crippen LogP contribution is 2.22. The molecule has 0 spiro atoms. The lowest BCUT2D eigenvalue weighted by Crippen LogP contribution is -2.48. The molecule has 0 aliphatic heterocycles. The van der Waals surface area contributed by atoms with Crippen molar-refractivity contribution in [2.45, 2.75) is 91.6 Å². The van der Waals surface area contributed by atoms with Gasteiger partial charge in [0, 0.05) is 6.61 Å². The molecular formula is C19H39NO5. The van der Waals surface area contributed by atoms with Gasteiger partial charge in [-0.3, -0.25) is 0 Å². The molecule has 150 valence electrons. The van der Waals surface area contributed by atoms with E-state index in [1.165, 1.54) is 0 Å². The van der Waals surface area contributed by atoms with Gasteiger partial charge in [0.1, 0.15) is 5.60 Å². The quantitative estimate of drug-likeness (QED) is 0.479. The number of ether oxygens (including phenoxy) is 1. The predicted molar refractivity (Wildman–Crippen MR) is 99.3 cm³/mol. The summed E-state index contributed by atoms with van der Waals surface area (Å²) in [5.41, 5.74) is -0.638. The minimum Gasteiger partial charge on any atom is -0.444 e. The van der Waals surface area contributed by atoms with Gasteiger partial charge in [-0.1, -0.05) is 34.1 Å². The second-order valence-corrected chi connectivity index (χ2v) is 8.43. The molecule has 0 aromatic carbocycles. The molecule has 0 fully saturated rings. The number of nitrogens with one attached hydrogen (secondary N) is 1. The molecule has 0 aliphatic carbocycles. The number of hydrogen-bond donors (Lipinski definition) is 4. The van der Waals surface area contributed by atoms with Crippen LogP contribution in [-0.4, -0.2) is 51.9 Å². The average Bonchev–Trinajstić information content (AvgIpc) is 2.48. The van der Waals surface area contributed by atoms with Gasteiger partial charge in [-0.25, -0.2) is 4.79 Å². The molecule has 0 heterocycles. The van der Waals surface area contributed by atoms with Gasteiger partial charge in [-0.15, -0.1) is 0 Å². The van der Waals surface area contributed by atoms with Gasteiger partial charge in [-0.05, 0) is 51.4 Å². The van der Waals surface area contributed by atoms with E-state index in [4.69, 9.17) is 4.74 Å². The molecule has 5 atom stereocenters. The van der Waals surface area contributed by atoms with Crippen molar-refractivity contribution in [3.63, 3.8) is 0 Å².